The van der Waals surface area contributed by atoms with Crippen LogP contribution in [0.1, 0.15) is 20.8 Å². The minimum absolute atomic E-state index is 0.0518. The van der Waals surface area contributed by atoms with Gasteiger partial charge in [-0.15, -0.1) is 15.0 Å². The highest BCUT2D eigenvalue weighted by molar-refractivity contribution is 6.37. The molecule has 0 aliphatic carbocycles. The molecule has 0 atom stereocenters. The second kappa shape index (κ2) is 7.90. The molecule has 4 N–H and O–H groups in total. The number of halogens is 2. The first-order chi connectivity index (χ1) is 14.3. The fourth-order valence-corrected chi connectivity index (χ4v) is 3.40. The molecule has 1 aliphatic rings. The van der Waals surface area contributed by atoms with Crippen LogP contribution in [0, 0.1) is 0 Å². The van der Waals surface area contributed by atoms with Crippen LogP contribution in [0.15, 0.2) is 36.5 Å². The summed E-state index contributed by atoms with van der Waals surface area (Å²) in [5.74, 6) is -0.669. The summed E-state index contributed by atoms with van der Waals surface area (Å²) in [6, 6.07) is 8.01. The van der Waals surface area contributed by atoms with Crippen LogP contribution in [0.5, 0.6) is 0 Å². The number of para-hydroxylation sites is 1. The molecule has 1 saturated heterocycles. The molecule has 10 nitrogen and oxygen atoms in total. The smallest absolute Gasteiger partial charge is 0.273 e. The summed E-state index contributed by atoms with van der Waals surface area (Å²) in [5.41, 5.74) is 5.94. The third-order valence-electron chi connectivity index (χ3n) is 4.39. The maximum Gasteiger partial charge on any atom is 0.273 e. The zero-order valence-electron chi connectivity index (χ0n) is 15.3. The number of hydrogen-bond donors (Lipinski definition) is 3. The minimum Gasteiger partial charge on any atom is -0.389 e. The summed E-state index contributed by atoms with van der Waals surface area (Å²) < 4.78 is 0. The molecule has 1 aromatic carbocycles. The van der Waals surface area contributed by atoms with Crippen molar-refractivity contribution < 1.29 is 14.7 Å². The van der Waals surface area contributed by atoms with E-state index in [1.54, 1.807) is 30.3 Å². The van der Waals surface area contributed by atoms with Crippen molar-refractivity contribution in [3.63, 3.8) is 0 Å². The second-order valence-electron chi connectivity index (χ2n) is 6.54. The van der Waals surface area contributed by atoms with Gasteiger partial charge in [0, 0.05) is 19.3 Å². The lowest BCUT2D eigenvalue weighted by Gasteiger charge is -2.35. The van der Waals surface area contributed by atoms with Gasteiger partial charge in [0.15, 0.2) is 11.5 Å². The molecule has 0 saturated carbocycles. The number of carbonyl (C=O) groups is 2. The Bertz CT molecular complexity index is 1110. The zero-order chi connectivity index (χ0) is 21.4. The van der Waals surface area contributed by atoms with Gasteiger partial charge >= 0.3 is 0 Å². The first-order valence-corrected chi connectivity index (χ1v) is 9.51. The van der Waals surface area contributed by atoms with Crippen molar-refractivity contribution in [1.82, 2.24) is 24.9 Å². The molecule has 30 heavy (non-hydrogen) atoms. The van der Waals surface area contributed by atoms with Gasteiger partial charge in [0.2, 0.25) is 0 Å². The highest BCUT2D eigenvalue weighted by Gasteiger charge is 2.29. The molecule has 3 aromatic rings. The second-order valence-corrected chi connectivity index (χ2v) is 7.36. The number of primary amides is 1. The molecule has 0 unspecified atom stereocenters. The molecule has 154 valence electrons. The number of carbonyl (C=O) groups excluding carboxylic acids is 2. The average Bonchev–Trinajstić information content (AvgIpc) is 3.09. The van der Waals surface area contributed by atoms with E-state index in [1.807, 2.05) is 0 Å². The zero-order valence-corrected chi connectivity index (χ0v) is 16.8. The number of benzene rings is 1. The van der Waals surface area contributed by atoms with E-state index in [2.05, 4.69) is 20.5 Å². The van der Waals surface area contributed by atoms with Crippen molar-refractivity contribution in [2.45, 2.75) is 6.10 Å². The van der Waals surface area contributed by atoms with Gasteiger partial charge in [0.05, 0.1) is 21.7 Å². The number of aliphatic hydroxyl groups excluding tert-OH is 1. The number of hydrogen-bond acceptors (Lipinski definition) is 7. The fourth-order valence-electron chi connectivity index (χ4n) is 2.86. The maximum absolute atomic E-state index is 12.3. The molecule has 3 heterocycles. The van der Waals surface area contributed by atoms with Crippen LogP contribution in [-0.4, -0.2) is 61.0 Å². The normalized spacial score (nSPS) is 13.8. The maximum atomic E-state index is 12.3. The Labute approximate surface area is 180 Å². The number of β-amino-alcohol motifs (C(OH)–C–C–N with tert-alkyl or cyclic N) is 1. The van der Waals surface area contributed by atoms with Crippen molar-refractivity contribution in [1.29, 1.82) is 0 Å². The van der Waals surface area contributed by atoms with E-state index >= 15 is 0 Å². The van der Waals surface area contributed by atoms with Crippen molar-refractivity contribution in [2.24, 2.45) is 5.73 Å². The Kier molecular flexibility index (Phi) is 5.29. The van der Waals surface area contributed by atoms with Gasteiger partial charge in [0.25, 0.3) is 11.8 Å². The van der Waals surface area contributed by atoms with Crippen LogP contribution in [0.25, 0.3) is 5.69 Å². The number of nitrogens with zero attached hydrogens (tertiary/aromatic N) is 5. The number of rotatable bonds is 5. The molecule has 0 spiro atoms. The van der Waals surface area contributed by atoms with Gasteiger partial charge in [-0.3, -0.25) is 9.59 Å². The van der Waals surface area contributed by atoms with Crippen LogP contribution >= 0.6 is 23.2 Å². The molecule has 2 aromatic heterocycles. The Hall–Kier alpha value is -3.21. The highest BCUT2D eigenvalue weighted by atomic mass is 35.5. The molecule has 1 fully saturated rings. The molecule has 2 amide bonds. The van der Waals surface area contributed by atoms with E-state index in [1.165, 1.54) is 11.1 Å². The van der Waals surface area contributed by atoms with Crippen LogP contribution in [0.3, 0.4) is 0 Å². The Balaban J connectivity index is 1.59. The van der Waals surface area contributed by atoms with E-state index in [0.717, 1.165) is 4.80 Å². The number of aliphatic hydroxyl groups is 1. The number of anilines is 2. The average molecular weight is 448 g/mol. The van der Waals surface area contributed by atoms with Crippen molar-refractivity contribution in [2.75, 3.05) is 18.4 Å². The summed E-state index contributed by atoms with van der Waals surface area (Å²) in [5, 5.41) is 21.1. The standard InChI is InChI=1S/C18H15Cl2N7O3/c19-11-2-1-3-12(20)15(11)27-24-14(16(21)29)17(25-27)23-13-5-4-9(6-22-13)18(30)26-7-10(28)8-26/h1-6,10,28H,7-8H2,(H2,21,29)(H,22,23,25). The molecule has 0 radical (unpaired) electrons. The topological polar surface area (TPSA) is 139 Å². The van der Waals surface area contributed by atoms with E-state index < -0.39 is 12.0 Å². The molecule has 1 aliphatic heterocycles. The van der Waals surface area contributed by atoms with Gasteiger partial charge in [-0.25, -0.2) is 4.98 Å². The summed E-state index contributed by atoms with van der Waals surface area (Å²) in [7, 11) is 0. The molecule has 4 rings (SSSR count). The van der Waals surface area contributed by atoms with E-state index in [4.69, 9.17) is 28.9 Å². The van der Waals surface area contributed by atoms with E-state index in [0.29, 0.717) is 30.2 Å². The highest BCUT2D eigenvalue weighted by Crippen LogP contribution is 2.28. The number of amides is 2. The number of pyridine rings is 1. The van der Waals surface area contributed by atoms with Crippen LogP contribution in [0.4, 0.5) is 11.6 Å². The number of nitrogens with one attached hydrogen (secondary N) is 1. The molecule has 0 bridgehead atoms. The molecule has 12 heteroatoms. The van der Waals surface area contributed by atoms with Crippen LogP contribution in [0.2, 0.25) is 10.0 Å². The van der Waals surface area contributed by atoms with E-state index in [-0.39, 0.29) is 27.5 Å². The third-order valence-corrected chi connectivity index (χ3v) is 5.00. The molecular weight excluding hydrogens is 433 g/mol. The van der Waals surface area contributed by atoms with E-state index in [9.17, 15) is 14.7 Å². The SMILES string of the molecule is NC(=O)c1nn(-c2c(Cl)cccc2Cl)nc1Nc1ccc(C(=O)N2CC(O)C2)cn1. The largest absolute Gasteiger partial charge is 0.389 e. The summed E-state index contributed by atoms with van der Waals surface area (Å²) in [6.07, 6.45) is 0.901. The lowest BCUT2D eigenvalue weighted by Crippen LogP contribution is -2.53. The summed E-state index contributed by atoms with van der Waals surface area (Å²) >= 11 is 12.4. The van der Waals surface area contributed by atoms with Crippen molar-refractivity contribution in [3.8, 4) is 5.69 Å². The van der Waals surface area contributed by atoms with Crippen molar-refractivity contribution in [3.05, 3.63) is 57.8 Å². The van der Waals surface area contributed by atoms with Gasteiger partial charge < -0.3 is 21.1 Å². The Morgan fingerprint density at radius 2 is 1.83 bits per heavy atom. The quantitative estimate of drug-likeness (QED) is 0.539. The first-order valence-electron chi connectivity index (χ1n) is 8.75. The van der Waals surface area contributed by atoms with Crippen molar-refractivity contribution >= 4 is 46.7 Å². The first kappa shape index (κ1) is 20.1. The predicted molar refractivity (Wildman–Crippen MR) is 109 cm³/mol. The Morgan fingerprint density at radius 1 is 1.13 bits per heavy atom. The number of likely N-dealkylation sites (tertiary alicyclic amines) is 1. The summed E-state index contributed by atoms with van der Waals surface area (Å²) in [6.45, 7) is 0.600. The monoisotopic (exact) mass is 447 g/mol. The van der Waals surface area contributed by atoms with Gasteiger partial charge in [-0.05, 0) is 24.3 Å². The fraction of sp³-hybridized carbons (Fsp3) is 0.167. The summed E-state index contributed by atoms with van der Waals surface area (Å²) in [4.78, 5) is 30.9. The lowest BCUT2D eigenvalue weighted by molar-refractivity contribution is 0.00587. The lowest BCUT2D eigenvalue weighted by atomic mass is 10.1. The van der Waals surface area contributed by atoms with Gasteiger partial charge in [-0.1, -0.05) is 29.3 Å². The third kappa shape index (κ3) is 3.80. The number of aromatic nitrogens is 4. The van der Waals surface area contributed by atoms with Gasteiger partial charge in [-0.2, -0.15) is 0 Å². The minimum atomic E-state index is -0.810. The number of nitrogens with two attached hydrogens (primary N) is 1. The van der Waals surface area contributed by atoms with Crippen LogP contribution in [-0.2, 0) is 0 Å². The predicted octanol–water partition coefficient (Wildman–Crippen LogP) is 1.63. The molecular formula is C18H15Cl2N7O3. The van der Waals surface area contributed by atoms with Gasteiger partial charge in [0.1, 0.15) is 11.5 Å². The van der Waals surface area contributed by atoms with Crippen LogP contribution < -0.4 is 11.1 Å². The Morgan fingerprint density at radius 3 is 2.40 bits per heavy atom.